The zero-order chi connectivity index (χ0) is 35.9. The van der Waals surface area contributed by atoms with Gasteiger partial charge in [0.15, 0.2) is 0 Å². The lowest BCUT2D eigenvalue weighted by atomic mass is 10.0. The van der Waals surface area contributed by atoms with Crippen LogP contribution in [0, 0.1) is 0 Å². The zero-order valence-corrected chi connectivity index (χ0v) is 33.3. The van der Waals surface area contributed by atoms with Gasteiger partial charge in [0, 0.05) is 19.6 Å². The average Bonchev–Trinajstić information content (AvgIpc) is 3.09. The lowest BCUT2D eigenvalue weighted by molar-refractivity contribution is -0.154. The first-order chi connectivity index (χ1) is 23.9. The maximum atomic E-state index is 12.3. The van der Waals surface area contributed by atoms with Gasteiger partial charge in [-0.1, -0.05) is 194 Å². The number of hydrogen-bond acceptors (Lipinski definition) is 7. The van der Waals surface area contributed by atoms with E-state index >= 15 is 0 Å². The molecule has 0 spiro atoms. The molecule has 3 N–H and O–H groups in total. The standard InChI is InChI=1S/C40H82NO7P/c1-3-5-7-9-10-11-12-13-14-15-16-17-18-19-20-21-22-23-24-25-26-27-28-30-32-35-45-37-39(38-47-49(43,44)46-36-34-41)48-40(42)33-31-29-8-6-4-2/h39H,3-38,41H2,1-2H3,(H,43,44). The summed E-state index contributed by atoms with van der Waals surface area (Å²) in [5, 5.41) is 0. The van der Waals surface area contributed by atoms with E-state index in [-0.39, 0.29) is 32.3 Å². The Morgan fingerprint density at radius 2 is 0.898 bits per heavy atom. The molecule has 0 aliphatic heterocycles. The van der Waals surface area contributed by atoms with Gasteiger partial charge in [0.05, 0.1) is 19.8 Å². The highest BCUT2D eigenvalue weighted by molar-refractivity contribution is 7.47. The van der Waals surface area contributed by atoms with Crippen molar-refractivity contribution in [1.82, 2.24) is 0 Å². The smallest absolute Gasteiger partial charge is 0.457 e. The highest BCUT2D eigenvalue weighted by atomic mass is 31.2. The largest absolute Gasteiger partial charge is 0.472 e. The molecule has 294 valence electrons. The van der Waals surface area contributed by atoms with Crippen LogP contribution in [0.25, 0.3) is 0 Å². The summed E-state index contributed by atoms with van der Waals surface area (Å²) >= 11 is 0. The summed E-state index contributed by atoms with van der Waals surface area (Å²) < 4.78 is 33.1. The van der Waals surface area contributed by atoms with Crippen molar-refractivity contribution in [2.75, 3.05) is 33.0 Å². The van der Waals surface area contributed by atoms with Gasteiger partial charge in [0.1, 0.15) is 6.10 Å². The Balaban J connectivity index is 3.68. The third-order valence-corrected chi connectivity index (χ3v) is 10.3. The second-order valence-corrected chi connectivity index (χ2v) is 15.7. The minimum Gasteiger partial charge on any atom is -0.457 e. The van der Waals surface area contributed by atoms with E-state index in [2.05, 4.69) is 13.8 Å². The number of carbonyl (C=O) groups is 1. The fraction of sp³-hybridized carbons (Fsp3) is 0.975. The molecule has 49 heavy (non-hydrogen) atoms. The fourth-order valence-electron chi connectivity index (χ4n) is 6.17. The molecule has 8 nitrogen and oxygen atoms in total. The van der Waals surface area contributed by atoms with Crippen molar-refractivity contribution in [3.05, 3.63) is 0 Å². The number of rotatable bonds is 41. The summed E-state index contributed by atoms with van der Waals surface area (Å²) in [5.41, 5.74) is 5.33. The van der Waals surface area contributed by atoms with E-state index in [9.17, 15) is 14.3 Å². The molecule has 0 aliphatic carbocycles. The van der Waals surface area contributed by atoms with E-state index in [0.29, 0.717) is 13.0 Å². The first-order valence-corrected chi connectivity index (χ1v) is 22.5. The van der Waals surface area contributed by atoms with E-state index in [1.54, 1.807) is 0 Å². The second kappa shape index (κ2) is 38.7. The quantitative estimate of drug-likeness (QED) is 0.0364. The molecule has 2 atom stereocenters. The molecule has 0 heterocycles. The molecule has 0 saturated heterocycles. The van der Waals surface area contributed by atoms with Gasteiger partial charge in [-0.15, -0.1) is 0 Å². The molecule has 0 aromatic carbocycles. The first-order valence-electron chi connectivity index (χ1n) is 21.0. The molecule has 0 rings (SSSR count). The molecule has 0 aliphatic rings. The highest BCUT2D eigenvalue weighted by Gasteiger charge is 2.25. The van der Waals surface area contributed by atoms with Crippen molar-refractivity contribution in [2.45, 2.75) is 219 Å². The maximum absolute atomic E-state index is 12.3. The summed E-state index contributed by atoms with van der Waals surface area (Å²) in [4.78, 5) is 22.1. The van der Waals surface area contributed by atoms with Crippen molar-refractivity contribution in [1.29, 1.82) is 0 Å². The van der Waals surface area contributed by atoms with Gasteiger partial charge in [0.2, 0.25) is 0 Å². The third kappa shape index (κ3) is 38.6. The van der Waals surface area contributed by atoms with Crippen LogP contribution in [0.1, 0.15) is 213 Å². The summed E-state index contributed by atoms with van der Waals surface area (Å²) in [6.07, 6.45) is 39.0. The van der Waals surface area contributed by atoms with Crippen LogP contribution in [-0.4, -0.2) is 49.9 Å². The Bertz CT molecular complexity index is 727. The molecule has 0 saturated carbocycles. The number of hydrogen-bond donors (Lipinski definition) is 2. The van der Waals surface area contributed by atoms with E-state index in [0.717, 1.165) is 44.9 Å². The van der Waals surface area contributed by atoms with Crippen molar-refractivity contribution in [3.63, 3.8) is 0 Å². The van der Waals surface area contributed by atoms with Gasteiger partial charge in [-0.3, -0.25) is 13.8 Å². The predicted molar refractivity (Wildman–Crippen MR) is 206 cm³/mol. The average molecular weight is 720 g/mol. The Labute approximate surface area is 303 Å². The van der Waals surface area contributed by atoms with E-state index in [4.69, 9.17) is 24.3 Å². The number of phosphoric acid groups is 1. The van der Waals surface area contributed by atoms with Crippen LogP contribution in [-0.2, 0) is 27.9 Å². The first kappa shape index (κ1) is 48.5. The van der Waals surface area contributed by atoms with E-state index < -0.39 is 13.9 Å². The molecule has 9 heteroatoms. The maximum Gasteiger partial charge on any atom is 0.472 e. The predicted octanol–water partition coefficient (Wildman–Crippen LogP) is 12.1. The summed E-state index contributed by atoms with van der Waals surface area (Å²) in [6, 6.07) is 0. The molecular weight excluding hydrogens is 637 g/mol. The molecule has 0 bridgehead atoms. The molecule has 0 aromatic rings. The van der Waals surface area contributed by atoms with Gasteiger partial charge < -0.3 is 20.1 Å². The molecular formula is C40H82NO7P. The summed E-state index contributed by atoms with van der Waals surface area (Å²) in [6.45, 7) is 4.88. The Morgan fingerprint density at radius 3 is 1.29 bits per heavy atom. The lowest BCUT2D eigenvalue weighted by Gasteiger charge is -2.20. The van der Waals surface area contributed by atoms with E-state index in [1.807, 2.05) is 0 Å². The van der Waals surface area contributed by atoms with Gasteiger partial charge in [-0.25, -0.2) is 4.57 Å². The van der Waals surface area contributed by atoms with Crippen molar-refractivity contribution in [3.8, 4) is 0 Å². The van der Waals surface area contributed by atoms with Crippen molar-refractivity contribution >= 4 is 13.8 Å². The second-order valence-electron chi connectivity index (χ2n) is 14.2. The summed E-state index contributed by atoms with van der Waals surface area (Å²) in [7, 11) is -4.25. The fourth-order valence-corrected chi connectivity index (χ4v) is 6.94. The molecule has 0 fully saturated rings. The minimum atomic E-state index is -4.25. The Morgan fingerprint density at radius 1 is 0.531 bits per heavy atom. The van der Waals surface area contributed by atoms with Crippen LogP contribution in [0.3, 0.4) is 0 Å². The molecule has 0 aromatic heterocycles. The Kier molecular flexibility index (Phi) is 38.3. The van der Waals surface area contributed by atoms with Gasteiger partial charge >= 0.3 is 13.8 Å². The van der Waals surface area contributed by atoms with Gasteiger partial charge in [0.25, 0.3) is 0 Å². The van der Waals surface area contributed by atoms with Gasteiger partial charge in [-0.05, 0) is 12.8 Å². The number of nitrogens with two attached hydrogens (primary N) is 1. The Hall–Kier alpha value is -0.500. The number of phosphoric ester groups is 1. The van der Waals surface area contributed by atoms with Crippen LogP contribution >= 0.6 is 7.82 Å². The monoisotopic (exact) mass is 720 g/mol. The summed E-state index contributed by atoms with van der Waals surface area (Å²) in [5.74, 6) is -0.339. The van der Waals surface area contributed by atoms with Crippen LogP contribution in [0.2, 0.25) is 0 Å². The third-order valence-electron chi connectivity index (χ3n) is 9.27. The molecule has 0 radical (unpaired) electrons. The van der Waals surface area contributed by atoms with Crippen molar-refractivity contribution < 1.29 is 32.8 Å². The number of carbonyl (C=O) groups excluding carboxylic acids is 1. The number of ether oxygens (including phenoxy) is 2. The highest BCUT2D eigenvalue weighted by Crippen LogP contribution is 2.43. The van der Waals surface area contributed by atoms with Crippen molar-refractivity contribution in [2.24, 2.45) is 5.73 Å². The lowest BCUT2D eigenvalue weighted by Crippen LogP contribution is -2.28. The van der Waals surface area contributed by atoms with Gasteiger partial charge in [-0.2, -0.15) is 0 Å². The minimum absolute atomic E-state index is 0.0912. The topological polar surface area (TPSA) is 117 Å². The van der Waals surface area contributed by atoms with Crippen LogP contribution in [0.15, 0.2) is 0 Å². The van der Waals surface area contributed by atoms with Crippen LogP contribution in [0.5, 0.6) is 0 Å². The SMILES string of the molecule is CCCCCCCCCCCCCCCCCCCCCCCCCCCOCC(COP(=O)(O)OCCN)OC(=O)CCCCCCC. The van der Waals surface area contributed by atoms with Crippen LogP contribution in [0.4, 0.5) is 0 Å². The van der Waals surface area contributed by atoms with Crippen LogP contribution < -0.4 is 5.73 Å². The zero-order valence-electron chi connectivity index (χ0n) is 32.5. The molecule has 0 amide bonds. The number of esters is 1. The number of unbranched alkanes of at least 4 members (excludes halogenated alkanes) is 28. The molecule has 2 unspecified atom stereocenters. The van der Waals surface area contributed by atoms with E-state index in [1.165, 1.54) is 148 Å². The normalized spacial score (nSPS) is 13.5.